The molecule has 0 saturated carbocycles. The van der Waals surface area contributed by atoms with Gasteiger partial charge in [0.05, 0.1) is 11.3 Å². The third-order valence-corrected chi connectivity index (χ3v) is 6.61. The fourth-order valence-corrected chi connectivity index (χ4v) is 4.74. The minimum atomic E-state index is 0.425. The Morgan fingerprint density at radius 3 is 2.57 bits per heavy atom. The molecule has 0 radical (unpaired) electrons. The number of aldehydes is 1. The van der Waals surface area contributed by atoms with Crippen LogP contribution >= 0.6 is 11.6 Å². The lowest BCUT2D eigenvalue weighted by Gasteiger charge is -2.20. The van der Waals surface area contributed by atoms with Crippen LogP contribution < -0.4 is 4.74 Å². The lowest BCUT2D eigenvalue weighted by atomic mass is 9.95. The van der Waals surface area contributed by atoms with Gasteiger partial charge in [-0.05, 0) is 93.4 Å². The number of benzene rings is 2. The Hall–Kier alpha value is -3.48. The maximum absolute atomic E-state index is 12.2. The number of carbonyl (C=O) groups is 1. The Morgan fingerprint density at radius 2 is 1.86 bits per heavy atom. The molecular weight excluding hydrogens is 484 g/mol. The van der Waals surface area contributed by atoms with Crippen molar-refractivity contribution >= 4 is 17.9 Å². The highest BCUT2D eigenvalue weighted by molar-refractivity contribution is 6.30. The van der Waals surface area contributed by atoms with E-state index < -0.39 is 0 Å². The molecule has 0 aliphatic heterocycles. The maximum atomic E-state index is 12.2. The predicted octanol–water partition coefficient (Wildman–Crippen LogP) is 6.20. The normalized spacial score (nSPS) is 11.2. The van der Waals surface area contributed by atoms with Crippen molar-refractivity contribution in [2.45, 2.75) is 40.8 Å². The maximum Gasteiger partial charge on any atom is 0.153 e. The molecule has 2 aromatic carbocycles. The first kappa shape index (κ1) is 26.6. The summed E-state index contributed by atoms with van der Waals surface area (Å²) in [5.41, 5.74) is 7.62. The molecule has 37 heavy (non-hydrogen) atoms. The summed E-state index contributed by atoms with van der Waals surface area (Å²) >= 11 is 6.38. The molecule has 0 unspecified atom stereocenters. The fraction of sp³-hybridized carbons (Fsp3) is 0.300. The molecule has 2 aromatic heterocycles. The van der Waals surface area contributed by atoms with Gasteiger partial charge in [0.25, 0.3) is 0 Å². The van der Waals surface area contributed by atoms with E-state index in [2.05, 4.69) is 44.6 Å². The highest BCUT2D eigenvalue weighted by Gasteiger charge is 2.17. The molecule has 0 aliphatic carbocycles. The van der Waals surface area contributed by atoms with Crippen molar-refractivity contribution in [2.75, 3.05) is 20.2 Å². The summed E-state index contributed by atoms with van der Waals surface area (Å²) in [5, 5.41) is 0.635. The molecule has 4 aromatic rings. The average Bonchev–Trinajstić information content (AvgIpc) is 3.24. The lowest BCUT2D eigenvalue weighted by molar-refractivity contribution is 0.111. The third-order valence-electron chi connectivity index (χ3n) is 6.37. The van der Waals surface area contributed by atoms with Crippen molar-refractivity contribution in [3.05, 3.63) is 99.3 Å². The van der Waals surface area contributed by atoms with Crippen LogP contribution in [0.15, 0.2) is 54.9 Å². The number of hydrogen-bond donors (Lipinski definition) is 0. The molecule has 0 spiro atoms. The summed E-state index contributed by atoms with van der Waals surface area (Å²) in [6.45, 7) is 10.5. The molecule has 0 saturated heterocycles. The number of likely N-dealkylation sites (N-methyl/N-ethyl adjacent to an activating group) is 1. The van der Waals surface area contributed by atoms with Crippen molar-refractivity contribution in [1.82, 2.24) is 19.4 Å². The molecule has 0 N–H and O–H groups in total. The van der Waals surface area contributed by atoms with E-state index in [0.717, 1.165) is 52.3 Å². The van der Waals surface area contributed by atoms with E-state index in [1.807, 2.05) is 58.3 Å². The van der Waals surface area contributed by atoms with Crippen LogP contribution in [0.3, 0.4) is 0 Å². The van der Waals surface area contributed by atoms with Gasteiger partial charge < -0.3 is 9.30 Å². The van der Waals surface area contributed by atoms with Crippen LogP contribution in [0.5, 0.6) is 5.75 Å². The topological polar surface area (TPSA) is 60.3 Å². The number of hydrogen-bond acceptors (Lipinski definition) is 5. The Labute approximate surface area is 223 Å². The Bertz CT molecular complexity index is 1390. The van der Waals surface area contributed by atoms with Crippen LogP contribution in [0.2, 0.25) is 5.02 Å². The summed E-state index contributed by atoms with van der Waals surface area (Å²) in [4.78, 5) is 23.4. The van der Waals surface area contributed by atoms with E-state index in [9.17, 15) is 4.79 Å². The first-order valence-corrected chi connectivity index (χ1v) is 12.7. The molecule has 192 valence electrons. The highest BCUT2D eigenvalue weighted by Crippen LogP contribution is 2.37. The van der Waals surface area contributed by atoms with Gasteiger partial charge in [-0.2, -0.15) is 0 Å². The number of rotatable bonds is 10. The quantitative estimate of drug-likeness (QED) is 0.235. The summed E-state index contributed by atoms with van der Waals surface area (Å²) < 4.78 is 8.37. The number of nitrogens with zero attached hydrogens (tertiary/aromatic N) is 4. The number of halogens is 1. The molecule has 7 heteroatoms. The molecular formula is C30H33ClN4O2. The minimum Gasteiger partial charge on any atom is -0.491 e. The smallest absolute Gasteiger partial charge is 0.153 e. The van der Waals surface area contributed by atoms with E-state index in [4.69, 9.17) is 16.3 Å². The first-order chi connectivity index (χ1) is 17.7. The summed E-state index contributed by atoms with van der Waals surface area (Å²) in [7, 11) is 2.04. The summed E-state index contributed by atoms with van der Waals surface area (Å²) in [6.07, 6.45) is 4.58. The van der Waals surface area contributed by atoms with Crippen molar-refractivity contribution in [2.24, 2.45) is 0 Å². The second kappa shape index (κ2) is 11.7. The standard InChI is InChI=1S/C30H33ClN4O2/c1-20-12-22(3)33-27(13-20)18-34(5)10-11-37-30-25(19-36)14-24(17-35-9-8-32-23(35)4)15-29(30)28-16-26(31)7-6-21(28)2/h6-9,12-16,19H,10-11,17-18H2,1-5H3. The molecule has 4 rings (SSSR count). The Balaban J connectivity index is 1.61. The molecule has 6 nitrogen and oxygen atoms in total. The van der Waals surface area contributed by atoms with Crippen LogP contribution in [0.4, 0.5) is 0 Å². The number of imidazole rings is 1. The minimum absolute atomic E-state index is 0.425. The zero-order valence-electron chi connectivity index (χ0n) is 22.1. The SMILES string of the molecule is Cc1cc(C)nc(CN(C)CCOc2c(C=O)cc(Cn3ccnc3C)cc2-c2cc(Cl)ccc2C)c1. The molecule has 0 bridgehead atoms. The Kier molecular flexibility index (Phi) is 8.41. The van der Waals surface area contributed by atoms with E-state index in [0.29, 0.717) is 36.0 Å². The molecule has 0 aliphatic rings. The zero-order chi connectivity index (χ0) is 26.5. The van der Waals surface area contributed by atoms with E-state index in [1.165, 1.54) is 5.56 Å². The zero-order valence-corrected chi connectivity index (χ0v) is 22.8. The van der Waals surface area contributed by atoms with Crippen LogP contribution in [0, 0.1) is 27.7 Å². The average molecular weight is 517 g/mol. The molecule has 0 fully saturated rings. The van der Waals surface area contributed by atoms with Gasteiger partial charge in [-0.15, -0.1) is 0 Å². The molecule has 2 heterocycles. The van der Waals surface area contributed by atoms with Gasteiger partial charge in [-0.3, -0.25) is 14.7 Å². The van der Waals surface area contributed by atoms with Crippen molar-refractivity contribution in [3.63, 3.8) is 0 Å². The van der Waals surface area contributed by atoms with Crippen molar-refractivity contribution in [1.29, 1.82) is 0 Å². The number of aromatic nitrogens is 3. The third kappa shape index (κ3) is 6.64. The van der Waals surface area contributed by atoms with Crippen molar-refractivity contribution < 1.29 is 9.53 Å². The predicted molar refractivity (Wildman–Crippen MR) is 149 cm³/mol. The number of aryl methyl sites for hydroxylation is 4. The lowest BCUT2D eigenvalue weighted by Crippen LogP contribution is -2.24. The van der Waals surface area contributed by atoms with Crippen LogP contribution in [-0.4, -0.2) is 45.9 Å². The van der Waals surface area contributed by atoms with Gasteiger partial charge in [-0.1, -0.05) is 17.7 Å². The van der Waals surface area contributed by atoms with E-state index in [1.54, 1.807) is 6.20 Å². The van der Waals surface area contributed by atoms with E-state index in [-0.39, 0.29) is 0 Å². The van der Waals surface area contributed by atoms with Crippen LogP contribution in [0.25, 0.3) is 11.1 Å². The number of pyridine rings is 1. The number of ether oxygens (including phenoxy) is 1. The van der Waals surface area contributed by atoms with Crippen molar-refractivity contribution in [3.8, 4) is 16.9 Å². The number of carbonyl (C=O) groups excluding carboxylic acids is 1. The first-order valence-electron chi connectivity index (χ1n) is 12.4. The molecule has 0 amide bonds. The van der Waals surface area contributed by atoms with Crippen LogP contribution in [-0.2, 0) is 13.1 Å². The summed E-state index contributed by atoms with van der Waals surface area (Å²) in [5.74, 6) is 1.49. The Morgan fingerprint density at radius 1 is 1.05 bits per heavy atom. The highest BCUT2D eigenvalue weighted by atomic mass is 35.5. The second-order valence-corrected chi connectivity index (χ2v) is 10.0. The van der Waals surface area contributed by atoms with Gasteiger partial charge in [0.15, 0.2) is 6.29 Å². The van der Waals surface area contributed by atoms with E-state index >= 15 is 0 Å². The monoisotopic (exact) mass is 516 g/mol. The van der Waals surface area contributed by atoms with Crippen LogP contribution in [0.1, 0.15) is 44.3 Å². The van der Waals surface area contributed by atoms with Gasteiger partial charge in [0.2, 0.25) is 0 Å². The van der Waals surface area contributed by atoms with Gasteiger partial charge in [-0.25, -0.2) is 4.98 Å². The largest absolute Gasteiger partial charge is 0.491 e. The molecule has 0 atom stereocenters. The second-order valence-electron chi connectivity index (χ2n) is 9.60. The van der Waals surface area contributed by atoms with Gasteiger partial charge in [0, 0.05) is 48.3 Å². The summed E-state index contributed by atoms with van der Waals surface area (Å²) in [6, 6.07) is 13.9. The van der Waals surface area contributed by atoms with Gasteiger partial charge in [0.1, 0.15) is 18.2 Å². The fourth-order valence-electron chi connectivity index (χ4n) is 4.57. The van der Waals surface area contributed by atoms with Gasteiger partial charge >= 0.3 is 0 Å².